The van der Waals surface area contributed by atoms with Crippen LogP contribution in [0.15, 0.2) is 76.6 Å². The number of hydrogen-bond acceptors (Lipinski definition) is 8. The van der Waals surface area contributed by atoms with Crippen LogP contribution in [-0.4, -0.2) is 65.8 Å². The first-order valence-corrected chi connectivity index (χ1v) is 25.9. The summed E-state index contributed by atoms with van der Waals surface area (Å²) in [6, 6.07) is 14.6. The highest BCUT2D eigenvalue weighted by Gasteiger charge is 2.34. The summed E-state index contributed by atoms with van der Waals surface area (Å²) in [7, 11) is -1.45. The van der Waals surface area contributed by atoms with Gasteiger partial charge in [0, 0.05) is 0 Å². The largest absolute Gasteiger partial charge is 0.317 e. The van der Waals surface area contributed by atoms with Crippen molar-refractivity contribution in [1.82, 2.24) is 30.4 Å². The average Bonchev–Trinajstić information content (AvgIpc) is 4.06. The molecule has 3 heterocycles. The van der Waals surface area contributed by atoms with Crippen LogP contribution >= 0.6 is 0 Å². The van der Waals surface area contributed by atoms with E-state index in [4.69, 9.17) is 10.8 Å². The molecule has 3 atom stereocenters. The van der Waals surface area contributed by atoms with E-state index in [2.05, 4.69) is 107 Å². The van der Waals surface area contributed by atoms with Gasteiger partial charge < -0.3 is 5.32 Å². The number of allylic oxidation sites excluding steroid dienone is 4. The molecular formula is C49H74N10OSi. The van der Waals surface area contributed by atoms with E-state index >= 15 is 0 Å². The molecule has 0 amide bonds. The average molecular weight is 847 g/mol. The number of para-hydroxylation sites is 1. The second kappa shape index (κ2) is 26.0. The molecule has 0 spiro atoms. The van der Waals surface area contributed by atoms with Gasteiger partial charge in [-0.3, -0.25) is 9.69 Å². The molecule has 0 radical (unpaired) electrons. The van der Waals surface area contributed by atoms with E-state index in [0.29, 0.717) is 5.92 Å². The molecule has 2 aliphatic carbocycles. The summed E-state index contributed by atoms with van der Waals surface area (Å²) in [5, 5.41) is 25.0. The summed E-state index contributed by atoms with van der Waals surface area (Å²) in [5.74, 6) is 3.15. The third-order valence-corrected chi connectivity index (χ3v) is 12.6. The molecule has 7 rings (SSSR count). The number of nitriles is 1. The highest BCUT2D eigenvalue weighted by atomic mass is 28.3. The van der Waals surface area contributed by atoms with Crippen molar-refractivity contribution in [2.24, 2.45) is 22.5 Å². The third-order valence-electron chi connectivity index (χ3n) is 11.9. The molecule has 11 nitrogen and oxygen atoms in total. The lowest BCUT2D eigenvalue weighted by Gasteiger charge is -2.33. The summed E-state index contributed by atoms with van der Waals surface area (Å²) in [6.45, 7) is 29.6. The first-order valence-electron chi connectivity index (χ1n) is 22.4. The number of nitrogens with one attached hydrogen (secondary N) is 1. The van der Waals surface area contributed by atoms with Gasteiger partial charge in [0.15, 0.2) is 5.82 Å². The Hall–Kier alpha value is -4.66. The maximum absolute atomic E-state index is 10.3. The maximum Gasteiger partial charge on any atom is 0.177 e. The number of benzene rings is 2. The van der Waals surface area contributed by atoms with Gasteiger partial charge in [0.05, 0.1) is 23.4 Å². The number of likely N-dealkylation sites (tertiary alicyclic amines) is 1. The Morgan fingerprint density at radius 3 is 1.95 bits per heavy atom. The minimum absolute atomic E-state index is 0.199. The second-order valence-electron chi connectivity index (χ2n) is 18.3. The van der Waals surface area contributed by atoms with Gasteiger partial charge in [0.2, 0.25) is 0 Å². The zero-order valence-corrected chi connectivity index (χ0v) is 40.0. The summed E-state index contributed by atoms with van der Waals surface area (Å²) < 4.78 is 5.58. The first kappa shape index (κ1) is 50.7. The van der Waals surface area contributed by atoms with Gasteiger partial charge in [-0.25, -0.2) is 0 Å². The van der Waals surface area contributed by atoms with Crippen molar-refractivity contribution in [2.75, 3.05) is 26.2 Å². The van der Waals surface area contributed by atoms with Crippen molar-refractivity contribution in [2.45, 2.75) is 138 Å². The Balaban J connectivity index is 0.000000245. The van der Waals surface area contributed by atoms with Gasteiger partial charge in [-0.2, -0.15) is 9.94 Å². The van der Waals surface area contributed by atoms with Gasteiger partial charge in [-0.05, 0) is 197 Å². The van der Waals surface area contributed by atoms with Gasteiger partial charge in [-0.1, -0.05) is 94.2 Å². The molecule has 330 valence electrons. The number of rotatable bonds is 8. The normalized spacial score (nSPS) is 19.0. The van der Waals surface area contributed by atoms with Crippen LogP contribution in [-0.2, 0) is 4.79 Å². The molecular weight excluding hydrogens is 773 g/mol. The molecule has 2 aromatic carbocycles. The smallest absolute Gasteiger partial charge is 0.177 e. The van der Waals surface area contributed by atoms with Crippen molar-refractivity contribution < 1.29 is 4.79 Å². The van der Waals surface area contributed by atoms with Crippen LogP contribution in [0.1, 0.15) is 125 Å². The van der Waals surface area contributed by atoms with Crippen LogP contribution < -0.4 is 5.32 Å². The summed E-state index contributed by atoms with van der Waals surface area (Å²) in [4.78, 5) is 15.6. The number of azide groups is 1. The maximum atomic E-state index is 10.3. The van der Waals surface area contributed by atoms with Crippen molar-refractivity contribution in [1.29, 1.82) is 5.26 Å². The topological polar surface area (TPSA) is 148 Å². The molecule has 1 unspecified atom stereocenters. The Morgan fingerprint density at radius 2 is 1.56 bits per heavy atom. The fourth-order valence-electron chi connectivity index (χ4n) is 8.11. The predicted octanol–water partition coefficient (Wildman–Crippen LogP) is 12.0. The van der Waals surface area contributed by atoms with E-state index in [9.17, 15) is 4.79 Å². The molecule has 0 saturated carbocycles. The number of carbonyl (C=O) groups excluding carboxylic acids is 1. The highest BCUT2D eigenvalue weighted by molar-refractivity contribution is 6.74. The summed E-state index contributed by atoms with van der Waals surface area (Å²) in [6.07, 6.45) is 17.5. The van der Waals surface area contributed by atoms with Crippen LogP contribution in [0.2, 0.25) is 19.6 Å². The van der Waals surface area contributed by atoms with Crippen molar-refractivity contribution >= 4 is 14.5 Å². The third kappa shape index (κ3) is 16.6. The number of aromatic nitrogens is 4. The number of carbonyl (C=O) groups is 1. The fraction of sp³-hybridized carbons (Fsp3) is 0.571. The Morgan fingerprint density at radius 1 is 0.951 bits per heavy atom. The standard InChI is InChI=1S/C23H33N5.C10H14O.C9H9N.C4H9N.C3H9N3Si/c1-16(2)19-10-12-20(13-11-19)22(27-14-5-6-15-27)23-24-25-26-28(23)21-17(3)8-7-9-18(21)4;1-8(2)10-5-3-9(7-11)4-6-10;1-7-4-3-5-8(2)9(7)6-10;1-2-4-5-3-1;1-7(2,3)6-5-4/h7-9,12,16,19,22H,5-6,10-11,13-15H2,1-4H3;3,7,10H,1,4-6H2,2H3;3-5H,1-2H3;5H,1-4H2;1-3H3/t19-,22?;10-;;;/m11.../s1. The van der Waals surface area contributed by atoms with E-state index in [1.165, 1.54) is 73.9 Å². The lowest BCUT2D eigenvalue weighted by atomic mass is 9.80. The number of tetrazole rings is 1. The lowest BCUT2D eigenvalue weighted by molar-refractivity contribution is -0.105. The van der Waals surface area contributed by atoms with Crippen molar-refractivity contribution in [3.05, 3.63) is 116 Å². The molecule has 4 aliphatic rings. The minimum atomic E-state index is -1.45. The highest BCUT2D eigenvalue weighted by Crippen LogP contribution is 2.39. The van der Waals surface area contributed by atoms with Crippen LogP contribution in [0.5, 0.6) is 0 Å². The summed E-state index contributed by atoms with van der Waals surface area (Å²) in [5.41, 5.74) is 18.1. The zero-order chi connectivity index (χ0) is 45.0. The van der Waals surface area contributed by atoms with Crippen LogP contribution in [0, 0.1) is 56.8 Å². The minimum Gasteiger partial charge on any atom is -0.317 e. The van der Waals surface area contributed by atoms with E-state index in [1.807, 2.05) is 62.4 Å². The summed E-state index contributed by atoms with van der Waals surface area (Å²) >= 11 is 0. The molecule has 2 saturated heterocycles. The number of nitrogens with zero attached hydrogens (tertiary/aromatic N) is 9. The SMILES string of the molecule is C1CCNC1.C=C(C)[C@@H]1CC=C(C=O)CC1.C[Si](C)(C)N=[N+]=[N-].Cc1cccc(C)c1-n1nnnc1C(C1=CC[C@@H](C(C)C)CC1)N1CCCC1.Cc1cccc(C)c1C#N. The number of hydrogen-bond donors (Lipinski definition) is 1. The van der Waals surface area contributed by atoms with Gasteiger partial charge >= 0.3 is 0 Å². The number of aryl methyl sites for hydroxylation is 4. The zero-order valence-electron chi connectivity index (χ0n) is 39.0. The number of aldehydes is 1. The van der Waals surface area contributed by atoms with E-state index in [-0.39, 0.29) is 6.04 Å². The van der Waals surface area contributed by atoms with Crippen LogP contribution in [0.4, 0.5) is 0 Å². The second-order valence-corrected chi connectivity index (χ2v) is 22.8. The molecule has 0 bridgehead atoms. The van der Waals surface area contributed by atoms with E-state index in [0.717, 1.165) is 90.7 Å². The Labute approximate surface area is 368 Å². The molecule has 2 aliphatic heterocycles. The van der Waals surface area contributed by atoms with E-state index < -0.39 is 8.24 Å². The Bertz CT molecular complexity index is 1960. The van der Waals surface area contributed by atoms with Crippen LogP contribution in [0.3, 0.4) is 0 Å². The monoisotopic (exact) mass is 847 g/mol. The van der Waals surface area contributed by atoms with E-state index in [1.54, 1.807) is 0 Å². The Kier molecular flexibility index (Phi) is 21.6. The van der Waals surface area contributed by atoms with Crippen LogP contribution in [0.25, 0.3) is 16.1 Å². The first-order chi connectivity index (χ1) is 29.1. The fourth-order valence-corrected chi connectivity index (χ4v) is 8.38. The van der Waals surface area contributed by atoms with Gasteiger partial charge in [0.1, 0.15) is 14.5 Å². The van der Waals surface area contributed by atoms with Gasteiger partial charge in [-0.15, -0.1) is 9.88 Å². The lowest BCUT2D eigenvalue weighted by Crippen LogP contribution is -2.31. The molecule has 1 N–H and O–H groups in total. The molecule has 3 aromatic rings. The molecule has 12 heteroatoms. The molecule has 1 aromatic heterocycles. The quantitative estimate of drug-likeness (QED) is 0.0592. The predicted molar refractivity (Wildman–Crippen MR) is 254 cm³/mol. The molecule has 2 fully saturated rings. The van der Waals surface area contributed by atoms with Crippen molar-refractivity contribution in [3.8, 4) is 11.8 Å². The van der Waals surface area contributed by atoms with Crippen molar-refractivity contribution in [3.63, 3.8) is 0 Å². The molecule has 61 heavy (non-hydrogen) atoms. The van der Waals surface area contributed by atoms with Gasteiger partial charge in [0.25, 0.3) is 0 Å².